The third-order valence-corrected chi connectivity index (χ3v) is 8.55. The number of hydrogen-bond donors (Lipinski definition) is 0. The van der Waals surface area contributed by atoms with Crippen LogP contribution in [0.4, 0.5) is 14.2 Å². The van der Waals surface area contributed by atoms with Gasteiger partial charge in [-0.1, -0.05) is 54.6 Å². The quantitative estimate of drug-likeness (QED) is 0.288. The molecular weight excluding hydrogens is 403 g/mol. The third kappa shape index (κ3) is 5.41. The Morgan fingerprint density at radius 2 is 0.808 bits per heavy atom. The van der Waals surface area contributed by atoms with E-state index < -0.39 is 21.9 Å². The second kappa shape index (κ2) is 9.32. The molecule has 0 bridgehead atoms. The summed E-state index contributed by atoms with van der Waals surface area (Å²) in [6, 6.07) is 33.0. The van der Waals surface area contributed by atoms with Gasteiger partial charge in [0.05, 0.1) is 6.16 Å². The molecule has 3 aromatic rings. The predicted molar refractivity (Wildman–Crippen MR) is 100 cm³/mol. The Hall–Kier alpha value is -1.67. The fraction of sp³-hybridized carbons (Fsp3) is 0.100. The molecule has 0 aliphatic rings. The number of halogens is 4. The van der Waals surface area contributed by atoms with Crippen LogP contribution in [-0.2, 0) is 14.7 Å². The van der Waals surface area contributed by atoms with E-state index in [1.165, 1.54) is 15.9 Å². The molecule has 0 aromatic heterocycles. The van der Waals surface area contributed by atoms with E-state index in [0.29, 0.717) is 0 Å². The maximum atomic E-state index is 9.81. The maximum absolute atomic E-state index is 9.81. The minimum absolute atomic E-state index is 1.14. The summed E-state index contributed by atoms with van der Waals surface area (Å²) in [5.74, 6) is 0. The van der Waals surface area contributed by atoms with Gasteiger partial charge in [-0.3, -0.25) is 0 Å². The van der Waals surface area contributed by atoms with Gasteiger partial charge in [-0.15, -0.1) is 0 Å². The van der Waals surface area contributed by atoms with E-state index in [1.54, 1.807) is 0 Å². The molecule has 0 spiro atoms. The normalized spacial score (nSPS) is 12.0. The Kier molecular flexibility index (Phi) is 7.40. The van der Waals surface area contributed by atoms with E-state index in [0.717, 1.165) is 6.16 Å². The molecule has 0 fully saturated rings. The van der Waals surface area contributed by atoms with Crippen molar-refractivity contribution >= 4 is 23.2 Å². The van der Waals surface area contributed by atoms with Gasteiger partial charge in [-0.2, -0.15) is 0 Å². The standard InChI is InChI=1S/C20H20P.4FH.Fe/c1-2-21(18-12-6-3-7-13-18,19-14-8-4-9-15-19)20-16-10-5-11-17-20;;;;;/h3-17H,2H2,1H3;4*1H;/q+1;;;;;+3/p-4. The van der Waals surface area contributed by atoms with Crippen LogP contribution in [0.2, 0.25) is 0 Å². The molecular formula is C20H20F4FeP. The third-order valence-electron chi connectivity index (χ3n) is 4.07. The van der Waals surface area contributed by atoms with E-state index in [-0.39, 0.29) is 0 Å². The monoisotopic (exact) mass is 423 g/mol. The number of benzene rings is 3. The molecule has 0 radical (unpaired) electrons. The molecule has 0 nitrogen and oxygen atoms in total. The topological polar surface area (TPSA) is 0 Å². The van der Waals surface area contributed by atoms with Crippen LogP contribution in [-0.4, -0.2) is 6.16 Å². The first kappa shape index (κ1) is 20.6. The zero-order valence-corrected chi connectivity index (χ0v) is 16.2. The van der Waals surface area contributed by atoms with Crippen LogP contribution in [0.3, 0.4) is 0 Å². The van der Waals surface area contributed by atoms with Crippen LogP contribution < -0.4 is 15.9 Å². The van der Waals surface area contributed by atoms with Gasteiger partial charge in [0.25, 0.3) is 0 Å². The van der Waals surface area contributed by atoms with Crippen molar-refractivity contribution in [3.8, 4) is 0 Å². The van der Waals surface area contributed by atoms with Crippen molar-refractivity contribution in [2.24, 2.45) is 0 Å². The van der Waals surface area contributed by atoms with Gasteiger partial charge < -0.3 is 0 Å². The molecule has 0 unspecified atom stereocenters. The zero-order chi connectivity index (χ0) is 19.0. The van der Waals surface area contributed by atoms with E-state index >= 15 is 0 Å². The zero-order valence-electron chi connectivity index (χ0n) is 14.2. The summed E-state index contributed by atoms with van der Waals surface area (Å²) >= 11 is -6.50. The first-order valence-electron chi connectivity index (χ1n) is 7.96. The van der Waals surface area contributed by atoms with Crippen LogP contribution in [0, 0.1) is 0 Å². The summed E-state index contributed by atoms with van der Waals surface area (Å²) in [5, 5.41) is 4.39. The summed E-state index contributed by atoms with van der Waals surface area (Å²) in [5.41, 5.74) is 0. The van der Waals surface area contributed by atoms with E-state index in [9.17, 15) is 14.2 Å². The summed E-state index contributed by atoms with van der Waals surface area (Å²) in [4.78, 5) is 0. The average Bonchev–Trinajstić information content (AvgIpc) is 2.64. The second-order valence-corrected chi connectivity index (χ2v) is 10.2. The molecule has 0 heterocycles. The Morgan fingerprint density at radius 1 is 0.577 bits per heavy atom. The molecule has 0 N–H and O–H groups in total. The number of rotatable bonds is 4. The van der Waals surface area contributed by atoms with Crippen molar-refractivity contribution in [3.63, 3.8) is 0 Å². The molecule has 3 aromatic carbocycles. The van der Waals surface area contributed by atoms with E-state index in [4.69, 9.17) is 0 Å². The first-order chi connectivity index (χ1) is 12.4. The Balaban J connectivity index is 0.000000431. The van der Waals surface area contributed by atoms with Crippen molar-refractivity contribution in [1.82, 2.24) is 0 Å². The average molecular weight is 423 g/mol. The Bertz CT molecular complexity index is 675. The molecule has 0 atom stereocenters. The SMILES string of the molecule is CC[P+](c1ccccc1)(c1ccccc1)c1ccccc1.[F][Fe-]([F])([F])[F]. The predicted octanol–water partition coefficient (Wildman–Crippen LogP) is 5.68. The molecule has 0 aliphatic carbocycles. The van der Waals surface area contributed by atoms with Crippen LogP contribution in [0.15, 0.2) is 91.0 Å². The Morgan fingerprint density at radius 3 is 1.00 bits per heavy atom. The van der Waals surface area contributed by atoms with Gasteiger partial charge in [0, 0.05) is 0 Å². The molecule has 0 saturated heterocycles. The number of hydrogen-bond acceptors (Lipinski definition) is 0. The van der Waals surface area contributed by atoms with Gasteiger partial charge in [-0.25, -0.2) is 0 Å². The Labute approximate surface area is 156 Å². The van der Waals surface area contributed by atoms with E-state index in [1.807, 2.05) is 0 Å². The molecule has 3 rings (SSSR count). The molecule has 6 heteroatoms. The van der Waals surface area contributed by atoms with Crippen LogP contribution in [0.5, 0.6) is 0 Å². The van der Waals surface area contributed by atoms with Crippen molar-refractivity contribution in [2.75, 3.05) is 6.16 Å². The first-order valence-corrected chi connectivity index (χ1v) is 11.6. The molecule has 0 saturated carbocycles. The molecule has 0 aliphatic heterocycles. The second-order valence-electron chi connectivity index (χ2n) is 5.44. The fourth-order valence-electron chi connectivity index (χ4n) is 3.04. The van der Waals surface area contributed by atoms with Crippen molar-refractivity contribution in [2.45, 2.75) is 6.92 Å². The molecule has 141 valence electrons. The van der Waals surface area contributed by atoms with Crippen molar-refractivity contribution < 1.29 is 28.9 Å². The van der Waals surface area contributed by atoms with Crippen molar-refractivity contribution in [3.05, 3.63) is 91.0 Å². The molecule has 0 amide bonds. The fourth-order valence-corrected chi connectivity index (χ4v) is 7.08. The van der Waals surface area contributed by atoms with Gasteiger partial charge in [-0.05, 0) is 43.3 Å². The summed E-state index contributed by atoms with van der Waals surface area (Å²) in [6.07, 6.45) is 1.14. The van der Waals surface area contributed by atoms with Crippen LogP contribution >= 0.6 is 7.26 Å². The minimum atomic E-state index is -6.50. The van der Waals surface area contributed by atoms with Crippen LogP contribution in [0.1, 0.15) is 6.92 Å². The van der Waals surface area contributed by atoms with Crippen molar-refractivity contribution in [1.29, 1.82) is 0 Å². The van der Waals surface area contributed by atoms with Crippen LogP contribution in [0.25, 0.3) is 0 Å². The van der Waals surface area contributed by atoms with Gasteiger partial charge in [0.15, 0.2) is 0 Å². The van der Waals surface area contributed by atoms with Gasteiger partial charge in [0.2, 0.25) is 0 Å². The van der Waals surface area contributed by atoms with E-state index in [2.05, 4.69) is 97.9 Å². The summed E-state index contributed by atoms with van der Waals surface area (Å²) < 4.78 is 39.2. The summed E-state index contributed by atoms with van der Waals surface area (Å²) in [7, 11) is -1.53. The van der Waals surface area contributed by atoms with Gasteiger partial charge >= 0.3 is 28.9 Å². The van der Waals surface area contributed by atoms with Gasteiger partial charge in [0.1, 0.15) is 23.2 Å². The summed E-state index contributed by atoms with van der Waals surface area (Å²) in [6.45, 7) is 2.32. The molecule has 26 heavy (non-hydrogen) atoms.